The first-order valence-corrected chi connectivity index (χ1v) is 8.92. The monoisotopic (exact) mass is 422 g/mol. The summed E-state index contributed by atoms with van der Waals surface area (Å²) in [4.78, 5) is 12.0. The number of carbonyl (C=O) groups excluding carboxylic acids is 1. The lowest BCUT2D eigenvalue weighted by atomic mass is 9.92. The maximum Gasteiger partial charge on any atom is 0.342 e. The number of anilines is 1. The average molecular weight is 424 g/mol. The fourth-order valence-corrected chi connectivity index (χ4v) is 3.59. The van der Waals surface area contributed by atoms with E-state index in [0.29, 0.717) is 34.1 Å². The molecule has 0 spiro atoms. The van der Waals surface area contributed by atoms with Gasteiger partial charge in [0.2, 0.25) is 0 Å². The second-order valence-corrected chi connectivity index (χ2v) is 6.80. The Kier molecular flexibility index (Phi) is 5.76. The van der Waals surface area contributed by atoms with E-state index in [1.165, 1.54) is 7.11 Å². The van der Waals surface area contributed by atoms with E-state index in [1.54, 1.807) is 36.5 Å². The minimum atomic E-state index is -0.746. The number of amides is 2. The van der Waals surface area contributed by atoms with Crippen molar-refractivity contribution < 1.29 is 9.53 Å². The molecule has 1 aliphatic heterocycles. The Morgan fingerprint density at radius 1 is 1.22 bits per heavy atom. The molecule has 2 aromatic carbocycles. The summed E-state index contributed by atoms with van der Waals surface area (Å²) in [6.45, 7) is 0.351. The highest BCUT2D eigenvalue weighted by atomic mass is 35.5. The smallest absolute Gasteiger partial charge is 0.342 e. The van der Waals surface area contributed by atoms with Crippen LogP contribution < -0.4 is 15.1 Å². The number of hydrazone groups is 1. The summed E-state index contributed by atoms with van der Waals surface area (Å²) in [5.74, 6) is -0.304. The van der Waals surface area contributed by atoms with E-state index in [0.717, 1.165) is 5.01 Å². The first kappa shape index (κ1) is 19.3. The molecule has 0 bridgehead atoms. The molecule has 3 rings (SSSR count). The zero-order valence-electron chi connectivity index (χ0n) is 14.0. The average Bonchev–Trinajstić information content (AvgIpc) is 2.65. The predicted molar refractivity (Wildman–Crippen MR) is 106 cm³/mol. The molecule has 0 aliphatic carbocycles. The molecule has 1 atom stereocenters. The third kappa shape index (κ3) is 3.81. The number of rotatable bonds is 4. The molecule has 1 heterocycles. The number of hydrogen-bond acceptors (Lipinski definition) is 4. The molecule has 0 radical (unpaired) electrons. The molecule has 1 aliphatic rings. The number of nitrogens with zero attached hydrogens (tertiary/aromatic N) is 3. The van der Waals surface area contributed by atoms with Crippen molar-refractivity contribution in [2.45, 2.75) is 5.92 Å². The summed E-state index contributed by atoms with van der Waals surface area (Å²) in [5.41, 5.74) is 1.45. The van der Waals surface area contributed by atoms with Crippen LogP contribution in [0.2, 0.25) is 15.1 Å². The molecule has 0 aromatic heterocycles. The van der Waals surface area contributed by atoms with Crippen LogP contribution in [0.4, 0.5) is 10.5 Å². The van der Waals surface area contributed by atoms with Gasteiger partial charge in [0.25, 0.3) is 0 Å². The zero-order valence-corrected chi connectivity index (χ0v) is 16.3. The van der Waals surface area contributed by atoms with Crippen molar-refractivity contribution in [3.05, 3.63) is 56.5 Å². The van der Waals surface area contributed by atoms with Gasteiger partial charge < -0.3 is 10.1 Å². The molecule has 1 N–H and O–H groups in total. The summed E-state index contributed by atoms with van der Waals surface area (Å²) >= 11 is 18.9. The molecule has 0 saturated heterocycles. The van der Waals surface area contributed by atoms with Crippen LogP contribution in [0.3, 0.4) is 0 Å². The lowest BCUT2D eigenvalue weighted by molar-refractivity contribution is 0.247. The van der Waals surface area contributed by atoms with Crippen LogP contribution in [0.25, 0.3) is 0 Å². The standard InChI is InChI=1S/C18H13Cl3N4O2/c1-27-16-6-10(2-3-13(16)19)12(9-22)17-14(20)7-11(8-15(17)21)25-18(26)23-4-5-24-25/h2-3,5-8,12H,4H2,1H3,(H,23,26). The lowest BCUT2D eigenvalue weighted by Crippen LogP contribution is -2.41. The van der Waals surface area contributed by atoms with Crippen LogP contribution >= 0.6 is 34.8 Å². The Hall–Kier alpha value is -2.46. The number of benzene rings is 2. The predicted octanol–water partition coefficient (Wildman–Crippen LogP) is 4.83. The number of ether oxygens (including phenoxy) is 1. The van der Waals surface area contributed by atoms with E-state index in [1.807, 2.05) is 0 Å². The highest BCUT2D eigenvalue weighted by Gasteiger charge is 2.25. The minimum Gasteiger partial charge on any atom is -0.495 e. The molecule has 27 heavy (non-hydrogen) atoms. The topological polar surface area (TPSA) is 77.7 Å². The Morgan fingerprint density at radius 2 is 1.93 bits per heavy atom. The SMILES string of the molecule is COc1cc(C(C#N)c2c(Cl)cc(N3N=CCNC3=O)cc2Cl)ccc1Cl. The van der Waals surface area contributed by atoms with E-state index < -0.39 is 11.9 Å². The van der Waals surface area contributed by atoms with Gasteiger partial charge in [0.05, 0.1) is 36.4 Å². The van der Waals surface area contributed by atoms with Crippen LogP contribution in [0.1, 0.15) is 17.0 Å². The van der Waals surface area contributed by atoms with E-state index in [2.05, 4.69) is 16.5 Å². The Labute approximate surface area is 170 Å². The van der Waals surface area contributed by atoms with Crippen LogP contribution in [-0.2, 0) is 0 Å². The highest BCUT2D eigenvalue weighted by Crippen LogP contribution is 2.40. The second kappa shape index (κ2) is 8.05. The molecule has 2 amide bonds. The van der Waals surface area contributed by atoms with Crippen molar-refractivity contribution in [1.29, 1.82) is 5.26 Å². The zero-order chi connectivity index (χ0) is 19.6. The summed E-state index contributed by atoms with van der Waals surface area (Å²) in [7, 11) is 1.49. The maximum atomic E-state index is 12.0. The summed E-state index contributed by atoms with van der Waals surface area (Å²) in [6, 6.07) is 9.92. The van der Waals surface area contributed by atoms with Gasteiger partial charge in [-0.05, 0) is 29.8 Å². The van der Waals surface area contributed by atoms with Gasteiger partial charge >= 0.3 is 6.03 Å². The number of carbonyl (C=O) groups is 1. The fraction of sp³-hybridized carbons (Fsp3) is 0.167. The summed E-state index contributed by atoms with van der Waals surface area (Å²) in [5, 5.41) is 18.5. The number of nitrogens with one attached hydrogen (secondary N) is 1. The summed E-state index contributed by atoms with van der Waals surface area (Å²) < 4.78 is 5.21. The number of hydrogen-bond donors (Lipinski definition) is 1. The lowest BCUT2D eigenvalue weighted by Gasteiger charge is -2.22. The number of urea groups is 1. The molecule has 0 saturated carbocycles. The number of methoxy groups -OCH3 is 1. The van der Waals surface area contributed by atoms with Gasteiger partial charge in [-0.2, -0.15) is 15.4 Å². The Balaban J connectivity index is 2.05. The molecule has 0 fully saturated rings. The van der Waals surface area contributed by atoms with Gasteiger partial charge in [-0.25, -0.2) is 4.79 Å². The van der Waals surface area contributed by atoms with Gasteiger partial charge in [-0.3, -0.25) is 0 Å². The highest BCUT2D eigenvalue weighted by molar-refractivity contribution is 6.37. The minimum absolute atomic E-state index is 0.242. The molecule has 138 valence electrons. The quantitative estimate of drug-likeness (QED) is 0.765. The first-order valence-electron chi connectivity index (χ1n) is 7.78. The molecule has 2 aromatic rings. The molecular formula is C18H13Cl3N4O2. The van der Waals surface area contributed by atoms with Gasteiger partial charge in [-0.15, -0.1) is 0 Å². The Morgan fingerprint density at radius 3 is 2.52 bits per heavy atom. The molecule has 1 unspecified atom stereocenters. The fourth-order valence-electron chi connectivity index (χ4n) is 2.70. The molecule has 9 heteroatoms. The van der Waals surface area contributed by atoms with Crippen molar-refractivity contribution in [3.8, 4) is 11.8 Å². The third-order valence-corrected chi connectivity index (χ3v) is 4.91. The third-order valence-electron chi connectivity index (χ3n) is 3.97. The number of halogens is 3. The van der Waals surface area contributed by atoms with Crippen LogP contribution in [0, 0.1) is 11.3 Å². The van der Waals surface area contributed by atoms with Crippen LogP contribution in [0.15, 0.2) is 35.4 Å². The molecule has 6 nitrogen and oxygen atoms in total. The number of nitriles is 1. The van der Waals surface area contributed by atoms with Gasteiger partial charge in [0, 0.05) is 21.8 Å². The normalized spacial score (nSPS) is 14.5. The van der Waals surface area contributed by atoms with Gasteiger partial charge in [0.15, 0.2) is 0 Å². The maximum absolute atomic E-state index is 12.0. The largest absolute Gasteiger partial charge is 0.495 e. The van der Waals surface area contributed by atoms with Crippen molar-refractivity contribution in [2.75, 3.05) is 18.7 Å². The Bertz CT molecular complexity index is 949. The van der Waals surface area contributed by atoms with E-state index >= 15 is 0 Å². The molecular weight excluding hydrogens is 411 g/mol. The van der Waals surface area contributed by atoms with Crippen molar-refractivity contribution in [3.63, 3.8) is 0 Å². The van der Waals surface area contributed by atoms with Crippen molar-refractivity contribution >= 4 is 52.7 Å². The van der Waals surface area contributed by atoms with Gasteiger partial charge in [0.1, 0.15) is 5.75 Å². The van der Waals surface area contributed by atoms with Crippen LogP contribution in [-0.4, -0.2) is 25.9 Å². The van der Waals surface area contributed by atoms with Crippen molar-refractivity contribution in [2.24, 2.45) is 5.10 Å². The van der Waals surface area contributed by atoms with Gasteiger partial charge in [-0.1, -0.05) is 40.9 Å². The summed E-state index contributed by atoms with van der Waals surface area (Å²) in [6.07, 6.45) is 1.55. The second-order valence-electron chi connectivity index (χ2n) is 5.58. The van der Waals surface area contributed by atoms with Crippen molar-refractivity contribution in [1.82, 2.24) is 5.32 Å². The first-order chi connectivity index (χ1) is 13.0. The van der Waals surface area contributed by atoms with E-state index in [4.69, 9.17) is 39.5 Å². The van der Waals surface area contributed by atoms with E-state index in [9.17, 15) is 10.1 Å². The van der Waals surface area contributed by atoms with Crippen LogP contribution in [0.5, 0.6) is 5.75 Å². The van der Waals surface area contributed by atoms with E-state index in [-0.39, 0.29) is 10.0 Å².